The van der Waals surface area contributed by atoms with Gasteiger partial charge in [-0.1, -0.05) is 38.1 Å². The summed E-state index contributed by atoms with van der Waals surface area (Å²) >= 11 is 0. The number of carbonyl (C=O) groups excluding carboxylic acids is 2. The molecule has 6 nitrogen and oxygen atoms in total. The molecule has 0 unspecified atom stereocenters. The van der Waals surface area contributed by atoms with Crippen LogP contribution in [-0.2, 0) is 4.74 Å². The molecule has 1 amide bonds. The van der Waals surface area contributed by atoms with E-state index < -0.39 is 6.17 Å². The van der Waals surface area contributed by atoms with Gasteiger partial charge in [0.25, 0.3) is 5.91 Å². The van der Waals surface area contributed by atoms with Crippen LogP contribution in [0.2, 0.25) is 0 Å². The van der Waals surface area contributed by atoms with E-state index in [9.17, 15) is 9.59 Å². The lowest BCUT2D eigenvalue weighted by molar-refractivity contribution is 0.0526. The molecule has 0 bridgehead atoms. The molecule has 0 radical (unpaired) electrons. The molecule has 6 heteroatoms. The lowest BCUT2D eigenvalue weighted by Gasteiger charge is -2.38. The largest absolute Gasteiger partial charge is 0.493 e. The van der Waals surface area contributed by atoms with Gasteiger partial charge >= 0.3 is 5.97 Å². The number of amides is 1. The van der Waals surface area contributed by atoms with Crippen molar-refractivity contribution in [1.29, 1.82) is 0 Å². The number of para-hydroxylation sites is 1. The summed E-state index contributed by atoms with van der Waals surface area (Å²) in [5.41, 5.74) is 3.43. The van der Waals surface area contributed by atoms with Crippen LogP contribution in [0.1, 0.15) is 53.2 Å². The average molecular weight is 445 g/mol. The van der Waals surface area contributed by atoms with E-state index in [4.69, 9.17) is 9.47 Å². The van der Waals surface area contributed by atoms with Crippen LogP contribution in [0, 0.1) is 5.92 Å². The molecular formula is C27H28N2O4. The van der Waals surface area contributed by atoms with Crippen molar-refractivity contribution in [2.45, 2.75) is 26.9 Å². The SMILES string of the molecule is CCOC(=O)c1ccc(N2C(=O)c3ccccc3N[C@@H]2c2ccc(OCC(C)C)cc2)cc1. The standard InChI is InChI=1S/C27H28N2O4/c1-4-32-27(31)20-9-13-21(14-10-20)29-25(28-24-8-6-5-7-23(24)26(29)30)19-11-15-22(16-12-19)33-17-18(2)3/h5-16,18,25,28H,4,17H2,1-3H3/t25-/m0/s1. The first-order chi connectivity index (χ1) is 16.0. The van der Waals surface area contributed by atoms with E-state index in [1.807, 2.05) is 48.5 Å². The minimum Gasteiger partial charge on any atom is -0.493 e. The Morgan fingerprint density at radius 3 is 2.36 bits per heavy atom. The number of anilines is 2. The zero-order chi connectivity index (χ0) is 23.4. The Labute approximate surface area is 194 Å². The first kappa shape index (κ1) is 22.4. The molecule has 0 aromatic heterocycles. The number of benzene rings is 3. The van der Waals surface area contributed by atoms with E-state index in [1.54, 1.807) is 36.1 Å². The van der Waals surface area contributed by atoms with Crippen molar-refractivity contribution in [3.63, 3.8) is 0 Å². The van der Waals surface area contributed by atoms with Crippen LogP contribution in [0.4, 0.5) is 11.4 Å². The minimum absolute atomic E-state index is 0.113. The summed E-state index contributed by atoms with van der Waals surface area (Å²) in [6, 6.07) is 22.2. The van der Waals surface area contributed by atoms with Gasteiger partial charge in [-0.15, -0.1) is 0 Å². The molecule has 4 rings (SSSR count). The smallest absolute Gasteiger partial charge is 0.338 e. The maximum Gasteiger partial charge on any atom is 0.338 e. The van der Waals surface area contributed by atoms with Gasteiger partial charge in [0.05, 0.1) is 24.3 Å². The van der Waals surface area contributed by atoms with Crippen LogP contribution in [0.15, 0.2) is 72.8 Å². The third-order valence-electron chi connectivity index (χ3n) is 5.36. The van der Waals surface area contributed by atoms with E-state index in [1.165, 1.54) is 0 Å². The van der Waals surface area contributed by atoms with Crippen molar-refractivity contribution in [2.24, 2.45) is 5.92 Å². The molecule has 170 valence electrons. The molecule has 0 saturated heterocycles. The highest BCUT2D eigenvalue weighted by molar-refractivity contribution is 6.12. The highest BCUT2D eigenvalue weighted by Gasteiger charge is 2.34. The molecule has 0 saturated carbocycles. The van der Waals surface area contributed by atoms with E-state index in [2.05, 4.69) is 19.2 Å². The van der Waals surface area contributed by atoms with Crippen LogP contribution in [0.5, 0.6) is 5.75 Å². The number of hydrogen-bond donors (Lipinski definition) is 1. The highest BCUT2D eigenvalue weighted by Crippen LogP contribution is 2.37. The fourth-order valence-electron chi connectivity index (χ4n) is 3.73. The fourth-order valence-corrected chi connectivity index (χ4v) is 3.73. The number of carbonyl (C=O) groups is 2. The number of ether oxygens (including phenoxy) is 2. The zero-order valence-corrected chi connectivity index (χ0v) is 19.1. The van der Waals surface area contributed by atoms with E-state index in [0.717, 1.165) is 17.0 Å². The maximum absolute atomic E-state index is 13.5. The minimum atomic E-state index is -0.417. The van der Waals surface area contributed by atoms with Crippen molar-refractivity contribution >= 4 is 23.3 Å². The number of nitrogens with one attached hydrogen (secondary N) is 1. The molecule has 1 aliphatic rings. The van der Waals surface area contributed by atoms with Gasteiger partial charge < -0.3 is 14.8 Å². The van der Waals surface area contributed by atoms with Crippen LogP contribution >= 0.6 is 0 Å². The Kier molecular flexibility index (Phi) is 6.63. The topological polar surface area (TPSA) is 67.9 Å². The third-order valence-corrected chi connectivity index (χ3v) is 5.36. The number of fused-ring (bicyclic) bond motifs is 1. The molecule has 3 aromatic rings. The summed E-state index contributed by atoms with van der Waals surface area (Å²) in [5.74, 6) is 0.733. The van der Waals surface area contributed by atoms with Gasteiger partial charge in [0, 0.05) is 11.4 Å². The second-order valence-corrected chi connectivity index (χ2v) is 8.31. The second-order valence-electron chi connectivity index (χ2n) is 8.31. The number of esters is 1. The van der Waals surface area contributed by atoms with E-state index >= 15 is 0 Å². The Balaban J connectivity index is 1.68. The first-order valence-corrected chi connectivity index (χ1v) is 11.2. The molecule has 0 aliphatic carbocycles. The Morgan fingerprint density at radius 2 is 1.70 bits per heavy atom. The first-order valence-electron chi connectivity index (χ1n) is 11.2. The lowest BCUT2D eigenvalue weighted by atomic mass is 10.0. The number of rotatable bonds is 7. The normalized spacial score (nSPS) is 15.1. The summed E-state index contributed by atoms with van der Waals surface area (Å²) in [5, 5.41) is 3.49. The van der Waals surface area contributed by atoms with E-state index in [0.29, 0.717) is 35.9 Å². The summed E-state index contributed by atoms with van der Waals surface area (Å²) in [7, 11) is 0. The maximum atomic E-state index is 13.5. The molecule has 33 heavy (non-hydrogen) atoms. The van der Waals surface area contributed by atoms with Gasteiger partial charge in [0.15, 0.2) is 0 Å². The molecule has 1 aliphatic heterocycles. The van der Waals surface area contributed by atoms with Crippen LogP contribution < -0.4 is 15.0 Å². The molecule has 1 atom stereocenters. The van der Waals surface area contributed by atoms with Crippen molar-refractivity contribution in [1.82, 2.24) is 0 Å². The molecule has 0 fully saturated rings. The quantitative estimate of drug-likeness (QED) is 0.476. The van der Waals surface area contributed by atoms with Crippen molar-refractivity contribution in [3.05, 3.63) is 89.5 Å². The number of nitrogens with zero attached hydrogens (tertiary/aromatic N) is 1. The Morgan fingerprint density at radius 1 is 1.00 bits per heavy atom. The fraction of sp³-hybridized carbons (Fsp3) is 0.259. The average Bonchev–Trinajstić information content (AvgIpc) is 2.83. The molecular weight excluding hydrogens is 416 g/mol. The summed E-state index contributed by atoms with van der Waals surface area (Å²) in [6.45, 7) is 6.94. The molecule has 1 heterocycles. The summed E-state index contributed by atoms with van der Waals surface area (Å²) in [4.78, 5) is 27.3. The predicted molar refractivity (Wildman–Crippen MR) is 129 cm³/mol. The highest BCUT2D eigenvalue weighted by atomic mass is 16.5. The molecule has 1 N–H and O–H groups in total. The molecule has 0 spiro atoms. The van der Waals surface area contributed by atoms with Gasteiger partial charge in [-0.3, -0.25) is 9.69 Å². The number of hydrogen-bond acceptors (Lipinski definition) is 5. The van der Waals surface area contributed by atoms with Crippen LogP contribution in [-0.4, -0.2) is 25.1 Å². The van der Waals surface area contributed by atoms with Gasteiger partial charge in [-0.25, -0.2) is 4.79 Å². The molecule has 3 aromatic carbocycles. The van der Waals surface area contributed by atoms with Crippen LogP contribution in [0.25, 0.3) is 0 Å². The van der Waals surface area contributed by atoms with Gasteiger partial charge in [-0.05, 0) is 66.9 Å². The third kappa shape index (κ3) is 4.85. The van der Waals surface area contributed by atoms with Gasteiger partial charge in [0.2, 0.25) is 0 Å². The zero-order valence-electron chi connectivity index (χ0n) is 19.1. The lowest BCUT2D eigenvalue weighted by Crippen LogP contribution is -2.43. The van der Waals surface area contributed by atoms with Crippen molar-refractivity contribution < 1.29 is 19.1 Å². The summed E-state index contributed by atoms with van der Waals surface area (Å²) in [6.07, 6.45) is -0.417. The van der Waals surface area contributed by atoms with Gasteiger partial charge in [0.1, 0.15) is 11.9 Å². The van der Waals surface area contributed by atoms with Gasteiger partial charge in [-0.2, -0.15) is 0 Å². The Bertz CT molecular complexity index is 1120. The van der Waals surface area contributed by atoms with Crippen molar-refractivity contribution in [2.75, 3.05) is 23.4 Å². The van der Waals surface area contributed by atoms with Crippen LogP contribution in [0.3, 0.4) is 0 Å². The van der Waals surface area contributed by atoms with E-state index in [-0.39, 0.29) is 11.9 Å². The predicted octanol–water partition coefficient (Wildman–Crippen LogP) is 5.67. The summed E-state index contributed by atoms with van der Waals surface area (Å²) < 4.78 is 10.9. The second kappa shape index (κ2) is 9.77. The Hall–Kier alpha value is -3.80. The van der Waals surface area contributed by atoms with Crippen molar-refractivity contribution in [3.8, 4) is 5.75 Å². The monoisotopic (exact) mass is 444 g/mol.